The number of carboxylic acids is 1. The molecule has 1 aromatic carbocycles. The molecule has 1 rings (SSSR count). The van der Waals surface area contributed by atoms with Crippen LogP contribution in [0.3, 0.4) is 0 Å². The van der Waals surface area contributed by atoms with Crippen LogP contribution >= 0.6 is 0 Å². The first-order valence-electron chi connectivity index (χ1n) is 6.32. The molecule has 0 unspecified atom stereocenters. The third kappa shape index (κ3) is 6.67. The summed E-state index contributed by atoms with van der Waals surface area (Å²) >= 11 is 0. The van der Waals surface area contributed by atoms with E-state index in [1.54, 1.807) is 0 Å². The van der Waals surface area contributed by atoms with Crippen LogP contribution in [0.25, 0.3) is 6.08 Å². The second kappa shape index (κ2) is 6.99. The summed E-state index contributed by atoms with van der Waals surface area (Å²) in [5.41, 5.74) is -0.0301. The summed E-state index contributed by atoms with van der Waals surface area (Å²) < 4.78 is 19.0. The van der Waals surface area contributed by atoms with E-state index >= 15 is 0 Å². The highest BCUT2D eigenvalue weighted by molar-refractivity contribution is 5.92. The molecule has 0 aliphatic rings. The molecule has 2 N–H and O–H groups in total. The van der Waals surface area contributed by atoms with Crippen LogP contribution in [0.2, 0.25) is 0 Å². The van der Waals surface area contributed by atoms with Crippen molar-refractivity contribution in [1.29, 1.82) is 0 Å². The van der Waals surface area contributed by atoms with E-state index < -0.39 is 23.3 Å². The largest absolute Gasteiger partial charge is 0.478 e. The summed E-state index contributed by atoms with van der Waals surface area (Å²) in [6, 6.07) is 3.99. The molecule has 1 aromatic rings. The lowest BCUT2D eigenvalue weighted by atomic mass is 10.1. The molecule has 6 heteroatoms. The molecule has 0 atom stereocenters. The molecular weight excluding hydrogens is 277 g/mol. The van der Waals surface area contributed by atoms with Gasteiger partial charge >= 0.3 is 5.97 Å². The van der Waals surface area contributed by atoms with Gasteiger partial charge in [-0.3, -0.25) is 4.79 Å². The van der Waals surface area contributed by atoms with Crippen molar-refractivity contribution in [1.82, 2.24) is 0 Å². The molecule has 5 nitrogen and oxygen atoms in total. The van der Waals surface area contributed by atoms with Crippen molar-refractivity contribution in [3.05, 3.63) is 35.7 Å². The number of amides is 1. The van der Waals surface area contributed by atoms with Crippen LogP contribution in [0.4, 0.5) is 10.1 Å². The van der Waals surface area contributed by atoms with Crippen molar-refractivity contribution in [2.75, 3.05) is 11.9 Å². The Hall–Kier alpha value is -2.21. The fraction of sp³-hybridized carbons (Fsp3) is 0.333. The molecular formula is C15H18FNO4. The maximum absolute atomic E-state index is 13.7. The van der Waals surface area contributed by atoms with E-state index in [0.717, 1.165) is 18.2 Å². The summed E-state index contributed by atoms with van der Waals surface area (Å²) in [6.45, 7) is 5.34. The van der Waals surface area contributed by atoms with Gasteiger partial charge in [-0.15, -0.1) is 0 Å². The highest BCUT2D eigenvalue weighted by Crippen LogP contribution is 2.16. The van der Waals surface area contributed by atoms with E-state index in [9.17, 15) is 14.0 Å². The third-order valence-corrected chi connectivity index (χ3v) is 2.33. The van der Waals surface area contributed by atoms with Gasteiger partial charge in [-0.05, 0) is 45.0 Å². The molecule has 0 heterocycles. The number of rotatable bonds is 5. The van der Waals surface area contributed by atoms with Gasteiger partial charge in [0, 0.05) is 17.3 Å². The van der Waals surface area contributed by atoms with Gasteiger partial charge in [0.2, 0.25) is 5.91 Å². The van der Waals surface area contributed by atoms with Crippen LogP contribution in [0.15, 0.2) is 24.3 Å². The zero-order valence-electron chi connectivity index (χ0n) is 12.1. The number of nitrogens with one attached hydrogen (secondary N) is 1. The van der Waals surface area contributed by atoms with E-state index in [-0.39, 0.29) is 17.9 Å². The predicted molar refractivity (Wildman–Crippen MR) is 77.4 cm³/mol. The van der Waals surface area contributed by atoms with Crippen molar-refractivity contribution in [2.45, 2.75) is 26.4 Å². The number of carbonyl (C=O) groups is 2. The fourth-order valence-corrected chi connectivity index (χ4v) is 1.38. The van der Waals surface area contributed by atoms with Crippen molar-refractivity contribution >= 4 is 23.6 Å². The fourth-order valence-electron chi connectivity index (χ4n) is 1.38. The topological polar surface area (TPSA) is 75.6 Å². The Bertz CT molecular complexity index is 561. The molecule has 1 amide bonds. The lowest BCUT2D eigenvalue weighted by Gasteiger charge is -2.19. The van der Waals surface area contributed by atoms with Gasteiger partial charge in [-0.1, -0.05) is 0 Å². The van der Waals surface area contributed by atoms with Crippen LogP contribution in [-0.4, -0.2) is 29.2 Å². The molecule has 0 radical (unpaired) electrons. The Morgan fingerprint density at radius 2 is 2.05 bits per heavy atom. The van der Waals surface area contributed by atoms with Gasteiger partial charge in [-0.2, -0.15) is 0 Å². The van der Waals surface area contributed by atoms with Crippen LogP contribution in [0.5, 0.6) is 0 Å². The second-order valence-electron chi connectivity index (χ2n) is 5.36. The first-order chi connectivity index (χ1) is 9.67. The average molecular weight is 295 g/mol. The van der Waals surface area contributed by atoms with Crippen molar-refractivity contribution in [3.63, 3.8) is 0 Å². The molecule has 0 fully saturated rings. The van der Waals surface area contributed by atoms with Crippen molar-refractivity contribution in [3.8, 4) is 0 Å². The average Bonchev–Trinajstić information content (AvgIpc) is 2.34. The molecule has 21 heavy (non-hydrogen) atoms. The summed E-state index contributed by atoms with van der Waals surface area (Å²) in [5, 5.41) is 11.0. The maximum Gasteiger partial charge on any atom is 0.328 e. The minimum Gasteiger partial charge on any atom is -0.478 e. The Labute approximate surface area is 122 Å². The molecule has 0 saturated heterocycles. The number of carbonyl (C=O) groups excluding carboxylic acids is 1. The zero-order chi connectivity index (χ0) is 16.0. The molecule has 114 valence electrons. The highest BCUT2D eigenvalue weighted by atomic mass is 19.1. The van der Waals surface area contributed by atoms with E-state index in [1.165, 1.54) is 12.1 Å². The third-order valence-electron chi connectivity index (χ3n) is 2.33. The standard InChI is InChI=1S/C15H18FNO4/c1-15(2,3)21-9-13(18)17-11-6-4-10(12(16)8-11)5-7-14(19)20/h4-8H,9H2,1-3H3,(H,17,18)(H,19,20)/b7-5+. The van der Waals surface area contributed by atoms with Gasteiger partial charge in [-0.25, -0.2) is 9.18 Å². The van der Waals surface area contributed by atoms with Crippen LogP contribution in [0, 0.1) is 5.82 Å². The zero-order valence-corrected chi connectivity index (χ0v) is 12.1. The number of halogens is 1. The Morgan fingerprint density at radius 1 is 1.38 bits per heavy atom. The molecule has 0 saturated carbocycles. The number of anilines is 1. The highest BCUT2D eigenvalue weighted by Gasteiger charge is 2.13. The Kier molecular flexibility index (Phi) is 5.60. The molecule has 0 bridgehead atoms. The predicted octanol–water partition coefficient (Wildman–Crippen LogP) is 2.68. The second-order valence-corrected chi connectivity index (χ2v) is 5.36. The molecule has 0 spiro atoms. The smallest absolute Gasteiger partial charge is 0.328 e. The van der Waals surface area contributed by atoms with E-state index in [2.05, 4.69) is 5.32 Å². The van der Waals surface area contributed by atoms with Gasteiger partial charge in [0.05, 0.1) is 5.60 Å². The molecule has 0 aliphatic carbocycles. The minimum atomic E-state index is -1.16. The molecule has 0 aromatic heterocycles. The van der Waals surface area contributed by atoms with Gasteiger partial charge < -0.3 is 15.2 Å². The lowest BCUT2D eigenvalue weighted by Crippen LogP contribution is -2.27. The summed E-state index contributed by atoms with van der Waals surface area (Å²) in [7, 11) is 0. The maximum atomic E-state index is 13.7. The number of ether oxygens (including phenoxy) is 1. The van der Waals surface area contributed by atoms with E-state index in [0.29, 0.717) is 0 Å². The lowest BCUT2D eigenvalue weighted by molar-refractivity contribution is -0.131. The quantitative estimate of drug-likeness (QED) is 0.819. The minimum absolute atomic E-state index is 0.126. The van der Waals surface area contributed by atoms with E-state index in [1.807, 2.05) is 20.8 Å². The van der Waals surface area contributed by atoms with Crippen LogP contribution in [0.1, 0.15) is 26.3 Å². The normalized spacial score (nSPS) is 11.6. The number of carboxylic acid groups (broad SMARTS) is 1. The first kappa shape index (κ1) is 16.8. The number of hydrogen-bond donors (Lipinski definition) is 2. The van der Waals surface area contributed by atoms with E-state index in [4.69, 9.17) is 9.84 Å². The van der Waals surface area contributed by atoms with Crippen molar-refractivity contribution < 1.29 is 23.8 Å². The number of aliphatic carboxylic acids is 1. The summed E-state index contributed by atoms with van der Waals surface area (Å²) in [4.78, 5) is 22.0. The monoisotopic (exact) mass is 295 g/mol. The first-order valence-corrected chi connectivity index (χ1v) is 6.32. The summed E-state index contributed by atoms with van der Waals surface area (Å²) in [5.74, 6) is -2.17. The van der Waals surface area contributed by atoms with Crippen LogP contribution in [-0.2, 0) is 14.3 Å². The summed E-state index contributed by atoms with van der Waals surface area (Å²) in [6.07, 6.45) is 1.99. The Balaban J connectivity index is 2.67. The van der Waals surface area contributed by atoms with Gasteiger partial charge in [0.1, 0.15) is 12.4 Å². The SMILES string of the molecule is CC(C)(C)OCC(=O)Nc1ccc(/C=C/C(=O)O)c(F)c1. The van der Waals surface area contributed by atoms with Crippen LogP contribution < -0.4 is 5.32 Å². The van der Waals surface area contributed by atoms with Gasteiger partial charge in [0.25, 0.3) is 0 Å². The van der Waals surface area contributed by atoms with Crippen molar-refractivity contribution in [2.24, 2.45) is 0 Å². The Morgan fingerprint density at radius 3 is 2.57 bits per heavy atom. The number of benzene rings is 1. The molecule has 0 aliphatic heterocycles. The van der Waals surface area contributed by atoms with Gasteiger partial charge in [0.15, 0.2) is 0 Å². The number of hydrogen-bond acceptors (Lipinski definition) is 3.